The van der Waals surface area contributed by atoms with Crippen LogP contribution >= 0.6 is 0 Å². The van der Waals surface area contributed by atoms with Gasteiger partial charge < -0.3 is 23.9 Å². The second-order valence-electron chi connectivity index (χ2n) is 6.44. The molecule has 0 bridgehead atoms. The van der Waals surface area contributed by atoms with Gasteiger partial charge >= 0.3 is 0 Å². The first-order valence-corrected chi connectivity index (χ1v) is 9.22. The minimum atomic E-state index is -0.932. The van der Waals surface area contributed by atoms with Crippen LogP contribution in [0.5, 0.6) is 23.0 Å². The van der Waals surface area contributed by atoms with Gasteiger partial charge in [0.25, 0.3) is 11.8 Å². The summed E-state index contributed by atoms with van der Waals surface area (Å²) in [6, 6.07) is 8.45. The summed E-state index contributed by atoms with van der Waals surface area (Å²) < 4.78 is 34.4. The molecule has 164 valence electrons. The molecule has 10 heteroatoms. The van der Waals surface area contributed by atoms with Crippen molar-refractivity contribution in [1.82, 2.24) is 15.8 Å². The number of aromatic nitrogens is 1. The molecule has 0 aliphatic heterocycles. The molecular formula is C21H22FN3O6. The number of nitrogens with one attached hydrogen (secondary N) is 3. The lowest BCUT2D eigenvalue weighted by molar-refractivity contribution is -0.128. The number of amides is 2. The van der Waals surface area contributed by atoms with Crippen molar-refractivity contribution in [3.05, 3.63) is 47.9 Å². The highest BCUT2D eigenvalue weighted by molar-refractivity contribution is 6.02. The maximum atomic E-state index is 13.0. The quantitative estimate of drug-likeness (QED) is 0.496. The SMILES string of the molecule is COc1cc(OC)c2cc(C(=O)NNC(=O)C(C)Oc3ccc(F)cc3)[nH]c2c1OC. The monoisotopic (exact) mass is 431 g/mol. The normalized spacial score (nSPS) is 11.5. The van der Waals surface area contributed by atoms with Crippen LogP contribution in [0.2, 0.25) is 0 Å². The third-order valence-electron chi connectivity index (χ3n) is 4.48. The van der Waals surface area contributed by atoms with E-state index in [4.69, 9.17) is 18.9 Å². The molecule has 0 spiro atoms. The van der Waals surface area contributed by atoms with Crippen LogP contribution in [0.1, 0.15) is 17.4 Å². The van der Waals surface area contributed by atoms with Crippen LogP contribution in [-0.4, -0.2) is 44.2 Å². The van der Waals surface area contributed by atoms with Crippen molar-refractivity contribution in [2.75, 3.05) is 21.3 Å². The minimum Gasteiger partial charge on any atom is -0.496 e. The van der Waals surface area contributed by atoms with E-state index in [-0.39, 0.29) is 5.69 Å². The average molecular weight is 431 g/mol. The number of carbonyl (C=O) groups is 2. The Balaban J connectivity index is 1.71. The fourth-order valence-electron chi connectivity index (χ4n) is 2.92. The average Bonchev–Trinajstić information content (AvgIpc) is 3.22. The van der Waals surface area contributed by atoms with E-state index in [1.165, 1.54) is 52.5 Å². The molecule has 3 rings (SSSR count). The Morgan fingerprint density at radius 1 is 0.968 bits per heavy atom. The summed E-state index contributed by atoms with van der Waals surface area (Å²) in [6.45, 7) is 1.50. The Kier molecular flexibility index (Phi) is 6.49. The molecule has 2 aromatic carbocycles. The second kappa shape index (κ2) is 9.24. The van der Waals surface area contributed by atoms with Crippen molar-refractivity contribution < 1.29 is 32.9 Å². The van der Waals surface area contributed by atoms with Crippen LogP contribution in [0.4, 0.5) is 4.39 Å². The number of rotatable bonds is 7. The Bertz CT molecular complexity index is 1100. The number of H-pyrrole nitrogens is 1. The molecule has 9 nitrogen and oxygen atoms in total. The van der Waals surface area contributed by atoms with Gasteiger partial charge in [-0.2, -0.15) is 0 Å². The standard InChI is InChI=1S/C21H22FN3O6/c1-11(31-13-7-5-12(22)6-8-13)20(26)24-25-21(27)15-9-14-16(28-2)10-17(29-3)19(30-4)18(14)23-15/h5-11,23H,1-4H3,(H,24,26)(H,25,27). The van der Waals surface area contributed by atoms with Crippen LogP contribution < -0.4 is 29.8 Å². The predicted octanol–water partition coefficient (Wildman–Crippen LogP) is 2.56. The van der Waals surface area contributed by atoms with Gasteiger partial charge in [0.05, 0.1) is 26.8 Å². The molecule has 0 fully saturated rings. The number of hydrogen-bond donors (Lipinski definition) is 3. The summed E-state index contributed by atoms with van der Waals surface area (Å²) in [7, 11) is 4.47. The topological polar surface area (TPSA) is 111 Å². The molecule has 1 heterocycles. The third-order valence-corrected chi connectivity index (χ3v) is 4.48. The van der Waals surface area contributed by atoms with Crippen LogP contribution in [-0.2, 0) is 4.79 Å². The third kappa shape index (κ3) is 4.63. The highest BCUT2D eigenvalue weighted by Gasteiger charge is 2.21. The second-order valence-corrected chi connectivity index (χ2v) is 6.44. The highest BCUT2D eigenvalue weighted by Crippen LogP contribution is 2.41. The van der Waals surface area contributed by atoms with Gasteiger partial charge in [0, 0.05) is 11.5 Å². The van der Waals surface area contributed by atoms with Crippen molar-refractivity contribution in [1.29, 1.82) is 0 Å². The van der Waals surface area contributed by atoms with Crippen LogP contribution in [0.3, 0.4) is 0 Å². The van der Waals surface area contributed by atoms with E-state index < -0.39 is 23.7 Å². The summed E-state index contributed by atoms with van der Waals surface area (Å²) in [5, 5.41) is 0.602. The number of hydrogen-bond acceptors (Lipinski definition) is 6. The number of carbonyl (C=O) groups excluding carboxylic acids is 2. The lowest BCUT2D eigenvalue weighted by atomic mass is 10.2. The largest absolute Gasteiger partial charge is 0.496 e. The molecule has 1 unspecified atom stereocenters. The maximum Gasteiger partial charge on any atom is 0.286 e. The van der Waals surface area contributed by atoms with E-state index in [9.17, 15) is 14.0 Å². The van der Waals surface area contributed by atoms with Crippen molar-refractivity contribution in [2.24, 2.45) is 0 Å². The van der Waals surface area contributed by atoms with Gasteiger partial charge in [0.15, 0.2) is 17.6 Å². The first-order chi connectivity index (χ1) is 14.9. The van der Waals surface area contributed by atoms with Gasteiger partial charge in [-0.1, -0.05) is 0 Å². The van der Waals surface area contributed by atoms with Gasteiger partial charge in [-0.25, -0.2) is 4.39 Å². The van der Waals surface area contributed by atoms with Gasteiger partial charge in [-0.05, 0) is 37.3 Å². The van der Waals surface area contributed by atoms with Crippen LogP contribution in [0.15, 0.2) is 36.4 Å². The molecule has 0 radical (unpaired) electrons. The number of hydrazine groups is 1. The zero-order valence-corrected chi connectivity index (χ0v) is 17.4. The fraction of sp³-hybridized carbons (Fsp3) is 0.238. The molecule has 1 atom stereocenters. The van der Waals surface area contributed by atoms with Crippen molar-refractivity contribution in [3.8, 4) is 23.0 Å². The molecule has 3 N–H and O–H groups in total. The van der Waals surface area contributed by atoms with E-state index >= 15 is 0 Å². The van der Waals surface area contributed by atoms with E-state index in [1.54, 1.807) is 12.1 Å². The molecule has 31 heavy (non-hydrogen) atoms. The summed E-state index contributed by atoms with van der Waals surface area (Å²) in [4.78, 5) is 27.7. The predicted molar refractivity (Wildman–Crippen MR) is 110 cm³/mol. The summed E-state index contributed by atoms with van der Waals surface area (Å²) >= 11 is 0. The molecule has 0 aliphatic rings. The number of methoxy groups -OCH3 is 3. The Morgan fingerprint density at radius 2 is 1.65 bits per heavy atom. The van der Waals surface area contributed by atoms with Gasteiger partial charge in [0.2, 0.25) is 0 Å². The molecular weight excluding hydrogens is 409 g/mol. The van der Waals surface area contributed by atoms with E-state index in [0.717, 1.165) is 0 Å². The first kappa shape index (κ1) is 21.8. The molecule has 0 aliphatic carbocycles. The Labute approximate surface area is 177 Å². The maximum absolute atomic E-state index is 13.0. The number of benzene rings is 2. The number of fused-ring (bicyclic) bond motifs is 1. The lowest BCUT2D eigenvalue weighted by Gasteiger charge is -2.14. The van der Waals surface area contributed by atoms with Crippen molar-refractivity contribution in [2.45, 2.75) is 13.0 Å². The first-order valence-electron chi connectivity index (χ1n) is 9.22. The Morgan fingerprint density at radius 3 is 2.26 bits per heavy atom. The Hall–Kier alpha value is -3.95. The van der Waals surface area contributed by atoms with Crippen LogP contribution in [0.25, 0.3) is 10.9 Å². The summed E-state index contributed by atoms with van der Waals surface area (Å²) in [5.41, 5.74) is 5.27. The van der Waals surface area contributed by atoms with E-state index in [2.05, 4.69) is 15.8 Å². The zero-order chi connectivity index (χ0) is 22.5. The molecule has 1 aromatic heterocycles. The molecule has 2 amide bonds. The number of aromatic amines is 1. The van der Waals surface area contributed by atoms with E-state index in [1.807, 2.05) is 0 Å². The highest BCUT2D eigenvalue weighted by atomic mass is 19.1. The van der Waals surface area contributed by atoms with Crippen molar-refractivity contribution >= 4 is 22.7 Å². The summed E-state index contributed by atoms with van der Waals surface area (Å²) in [6.07, 6.45) is -0.932. The van der Waals surface area contributed by atoms with Crippen molar-refractivity contribution in [3.63, 3.8) is 0 Å². The number of ether oxygens (including phenoxy) is 4. The smallest absolute Gasteiger partial charge is 0.286 e. The van der Waals surface area contributed by atoms with Gasteiger partial charge in [0.1, 0.15) is 23.0 Å². The minimum absolute atomic E-state index is 0.159. The van der Waals surface area contributed by atoms with Gasteiger partial charge in [-0.3, -0.25) is 20.4 Å². The van der Waals surface area contributed by atoms with E-state index in [0.29, 0.717) is 33.9 Å². The molecule has 3 aromatic rings. The zero-order valence-electron chi connectivity index (χ0n) is 17.4. The van der Waals surface area contributed by atoms with Crippen LogP contribution in [0, 0.1) is 5.82 Å². The summed E-state index contributed by atoms with van der Waals surface area (Å²) in [5.74, 6) is 0.0315. The number of halogens is 1. The molecule has 0 saturated carbocycles. The van der Waals surface area contributed by atoms with Gasteiger partial charge in [-0.15, -0.1) is 0 Å². The lowest BCUT2D eigenvalue weighted by Crippen LogP contribution is -2.47. The fourth-order valence-corrected chi connectivity index (χ4v) is 2.92. The molecule has 0 saturated heterocycles.